The van der Waals surface area contributed by atoms with Gasteiger partial charge in [0.05, 0.1) is 20.4 Å². The molecule has 2 aromatic carbocycles. The highest BCUT2D eigenvalue weighted by Crippen LogP contribution is 2.27. The summed E-state index contributed by atoms with van der Waals surface area (Å²) in [5, 5.41) is 3.93. The van der Waals surface area contributed by atoms with Crippen LogP contribution in [0.15, 0.2) is 52.0 Å². The van der Waals surface area contributed by atoms with Gasteiger partial charge in [0, 0.05) is 10.0 Å². The lowest BCUT2D eigenvalue weighted by Crippen LogP contribution is -2.17. The zero-order valence-electron chi connectivity index (χ0n) is 12.2. The van der Waals surface area contributed by atoms with E-state index in [1.165, 1.54) is 7.11 Å². The molecule has 0 aromatic heterocycles. The zero-order valence-corrected chi connectivity index (χ0v) is 13.8. The summed E-state index contributed by atoms with van der Waals surface area (Å²) in [6.07, 6.45) is 1.57. The number of halogens is 1. The molecule has 2 aromatic rings. The van der Waals surface area contributed by atoms with Gasteiger partial charge < -0.3 is 9.47 Å². The molecule has 1 amide bonds. The van der Waals surface area contributed by atoms with Crippen molar-refractivity contribution >= 4 is 28.1 Å². The van der Waals surface area contributed by atoms with Gasteiger partial charge in [-0.25, -0.2) is 5.43 Å². The fourth-order valence-corrected chi connectivity index (χ4v) is 2.02. The minimum atomic E-state index is -0.325. The molecule has 1 N–H and O–H groups in total. The maximum Gasteiger partial charge on any atom is 0.271 e. The number of carbonyl (C=O) groups excluding carboxylic acids is 1. The summed E-state index contributed by atoms with van der Waals surface area (Å²) in [5.74, 6) is 0.735. The fraction of sp³-hybridized carbons (Fsp3) is 0.125. The lowest BCUT2D eigenvalue weighted by molar-refractivity contribution is 0.0954. The van der Waals surface area contributed by atoms with E-state index in [0.717, 1.165) is 10.0 Å². The van der Waals surface area contributed by atoms with Gasteiger partial charge in [0.2, 0.25) is 0 Å². The van der Waals surface area contributed by atoms with Crippen molar-refractivity contribution in [1.82, 2.24) is 5.43 Å². The monoisotopic (exact) mass is 362 g/mol. The third kappa shape index (κ3) is 4.08. The van der Waals surface area contributed by atoms with Gasteiger partial charge >= 0.3 is 0 Å². The van der Waals surface area contributed by atoms with Gasteiger partial charge in [-0.05, 0) is 35.9 Å². The fourth-order valence-electron chi connectivity index (χ4n) is 1.76. The molecule has 0 radical (unpaired) electrons. The Morgan fingerprint density at radius 3 is 2.41 bits per heavy atom. The molecule has 0 saturated heterocycles. The number of nitrogens with zero attached hydrogens (tertiary/aromatic N) is 1. The molecule has 6 heteroatoms. The molecule has 5 nitrogen and oxygen atoms in total. The van der Waals surface area contributed by atoms with Gasteiger partial charge in [0.1, 0.15) is 0 Å². The summed E-state index contributed by atoms with van der Waals surface area (Å²) in [7, 11) is 3.06. The first-order valence-electron chi connectivity index (χ1n) is 6.45. The van der Waals surface area contributed by atoms with E-state index in [0.29, 0.717) is 17.1 Å². The van der Waals surface area contributed by atoms with Crippen LogP contribution in [0.2, 0.25) is 0 Å². The first-order valence-corrected chi connectivity index (χ1v) is 7.24. The van der Waals surface area contributed by atoms with Crippen LogP contribution in [0.4, 0.5) is 0 Å². The van der Waals surface area contributed by atoms with E-state index in [4.69, 9.17) is 9.47 Å². The number of hydrogen-bond donors (Lipinski definition) is 1. The molecule has 22 heavy (non-hydrogen) atoms. The smallest absolute Gasteiger partial charge is 0.271 e. The number of ether oxygens (including phenoxy) is 2. The minimum Gasteiger partial charge on any atom is -0.493 e. The highest BCUT2D eigenvalue weighted by Gasteiger charge is 2.09. The Hall–Kier alpha value is -2.34. The van der Waals surface area contributed by atoms with Crippen LogP contribution in [0.25, 0.3) is 0 Å². The highest BCUT2D eigenvalue weighted by atomic mass is 79.9. The van der Waals surface area contributed by atoms with Crippen LogP contribution >= 0.6 is 15.9 Å². The molecule has 2 rings (SSSR count). The van der Waals surface area contributed by atoms with E-state index in [9.17, 15) is 4.79 Å². The second-order valence-electron chi connectivity index (χ2n) is 4.32. The number of hydrazone groups is 1. The zero-order chi connectivity index (χ0) is 15.9. The standard InChI is InChI=1S/C16H15BrN2O3/c1-21-14-8-5-12(9-15(14)22-2)16(20)19-18-10-11-3-6-13(17)7-4-11/h3-10H,1-2H3,(H,19,20)/b18-10+. The Bertz CT molecular complexity index is 684. The molecule has 0 spiro atoms. The molecule has 0 atom stereocenters. The third-order valence-electron chi connectivity index (χ3n) is 2.90. The quantitative estimate of drug-likeness (QED) is 0.656. The number of hydrogen-bond acceptors (Lipinski definition) is 4. The predicted octanol–water partition coefficient (Wildman–Crippen LogP) is 3.23. The van der Waals surface area contributed by atoms with Crippen molar-refractivity contribution in [2.24, 2.45) is 5.10 Å². The first kappa shape index (κ1) is 16.0. The van der Waals surface area contributed by atoms with Crippen LogP contribution in [0.3, 0.4) is 0 Å². The van der Waals surface area contributed by atoms with Gasteiger partial charge in [-0.3, -0.25) is 4.79 Å². The molecular formula is C16H15BrN2O3. The molecule has 0 heterocycles. The number of benzene rings is 2. The first-order chi connectivity index (χ1) is 10.6. The third-order valence-corrected chi connectivity index (χ3v) is 3.42. The number of nitrogens with one attached hydrogen (secondary N) is 1. The summed E-state index contributed by atoms with van der Waals surface area (Å²) in [6.45, 7) is 0. The van der Waals surface area contributed by atoms with E-state index in [2.05, 4.69) is 26.5 Å². The van der Waals surface area contributed by atoms with Crippen molar-refractivity contribution < 1.29 is 14.3 Å². The molecule has 0 unspecified atom stereocenters. The maximum atomic E-state index is 12.0. The van der Waals surface area contributed by atoms with Crippen LogP contribution in [-0.2, 0) is 0 Å². The molecule has 0 saturated carbocycles. The lowest BCUT2D eigenvalue weighted by atomic mass is 10.2. The minimum absolute atomic E-state index is 0.325. The van der Waals surface area contributed by atoms with Crippen molar-refractivity contribution in [1.29, 1.82) is 0 Å². The van der Waals surface area contributed by atoms with Crippen molar-refractivity contribution in [3.63, 3.8) is 0 Å². The Labute approximate surface area is 137 Å². The van der Waals surface area contributed by atoms with E-state index in [-0.39, 0.29) is 5.91 Å². The number of amides is 1. The van der Waals surface area contributed by atoms with E-state index >= 15 is 0 Å². The van der Waals surface area contributed by atoms with Gasteiger partial charge in [-0.15, -0.1) is 0 Å². The van der Waals surface area contributed by atoms with Gasteiger partial charge in [-0.1, -0.05) is 28.1 Å². The highest BCUT2D eigenvalue weighted by molar-refractivity contribution is 9.10. The normalized spacial score (nSPS) is 10.5. The van der Waals surface area contributed by atoms with E-state index in [1.54, 1.807) is 31.5 Å². The van der Waals surface area contributed by atoms with Crippen molar-refractivity contribution in [2.45, 2.75) is 0 Å². The van der Waals surface area contributed by atoms with Crippen LogP contribution in [-0.4, -0.2) is 26.3 Å². The number of methoxy groups -OCH3 is 2. The average Bonchev–Trinajstić information content (AvgIpc) is 2.55. The maximum absolute atomic E-state index is 12.0. The summed E-state index contributed by atoms with van der Waals surface area (Å²) in [5.41, 5.74) is 3.79. The van der Waals surface area contributed by atoms with Gasteiger partial charge in [0.25, 0.3) is 5.91 Å². The molecule has 0 bridgehead atoms. The second-order valence-corrected chi connectivity index (χ2v) is 5.24. The molecule has 0 fully saturated rings. The van der Waals surface area contributed by atoms with Crippen molar-refractivity contribution in [3.05, 3.63) is 58.1 Å². The van der Waals surface area contributed by atoms with E-state index in [1.807, 2.05) is 24.3 Å². The lowest BCUT2D eigenvalue weighted by Gasteiger charge is -2.08. The summed E-state index contributed by atoms with van der Waals surface area (Å²) < 4.78 is 11.3. The summed E-state index contributed by atoms with van der Waals surface area (Å²) in [4.78, 5) is 12.0. The Morgan fingerprint density at radius 1 is 1.09 bits per heavy atom. The molecule has 0 aliphatic carbocycles. The van der Waals surface area contributed by atoms with Gasteiger partial charge in [-0.2, -0.15) is 5.10 Å². The second kappa shape index (κ2) is 7.61. The molecular weight excluding hydrogens is 348 g/mol. The topological polar surface area (TPSA) is 59.9 Å². The molecule has 0 aliphatic rings. The average molecular weight is 363 g/mol. The van der Waals surface area contributed by atoms with Crippen molar-refractivity contribution in [2.75, 3.05) is 14.2 Å². The Morgan fingerprint density at radius 2 is 1.77 bits per heavy atom. The number of carbonyl (C=O) groups is 1. The van der Waals surface area contributed by atoms with E-state index < -0.39 is 0 Å². The van der Waals surface area contributed by atoms with Crippen molar-refractivity contribution in [3.8, 4) is 11.5 Å². The van der Waals surface area contributed by atoms with Crippen LogP contribution in [0.5, 0.6) is 11.5 Å². The van der Waals surface area contributed by atoms with Crippen LogP contribution in [0.1, 0.15) is 15.9 Å². The summed E-state index contributed by atoms with van der Waals surface area (Å²) in [6, 6.07) is 12.5. The Balaban J connectivity index is 2.04. The molecule has 0 aliphatic heterocycles. The predicted molar refractivity (Wildman–Crippen MR) is 88.7 cm³/mol. The summed E-state index contributed by atoms with van der Waals surface area (Å²) >= 11 is 3.36. The van der Waals surface area contributed by atoms with Crippen LogP contribution in [0, 0.1) is 0 Å². The van der Waals surface area contributed by atoms with Gasteiger partial charge in [0.15, 0.2) is 11.5 Å². The molecule has 114 valence electrons. The largest absolute Gasteiger partial charge is 0.493 e. The SMILES string of the molecule is COc1ccc(C(=O)N/N=C/c2ccc(Br)cc2)cc1OC. The van der Waals surface area contributed by atoms with Crippen LogP contribution < -0.4 is 14.9 Å². The number of rotatable bonds is 5. The Kier molecular flexibility index (Phi) is 5.55.